The van der Waals surface area contributed by atoms with E-state index in [0.29, 0.717) is 13.0 Å². The molecule has 4 heteroatoms. The van der Waals surface area contributed by atoms with E-state index >= 15 is 0 Å². The molecule has 1 fully saturated rings. The minimum absolute atomic E-state index is 0.00324. The molecule has 0 radical (unpaired) electrons. The molecule has 0 bridgehead atoms. The van der Waals surface area contributed by atoms with Crippen molar-refractivity contribution in [2.75, 3.05) is 13.1 Å². The highest BCUT2D eigenvalue weighted by molar-refractivity contribution is 6.08. The van der Waals surface area contributed by atoms with E-state index in [1.54, 1.807) is 0 Å². The molecule has 1 heterocycles. The zero-order chi connectivity index (χ0) is 18.5. The summed E-state index contributed by atoms with van der Waals surface area (Å²) in [6.45, 7) is 7.75. The third-order valence-electron chi connectivity index (χ3n) is 5.30. The number of carbonyl (C=O) groups excluding carboxylic acids is 2. The highest BCUT2D eigenvalue weighted by atomic mass is 16.2. The van der Waals surface area contributed by atoms with Gasteiger partial charge in [0.25, 0.3) is 0 Å². The summed E-state index contributed by atoms with van der Waals surface area (Å²) >= 11 is 0. The number of likely N-dealkylation sites (tertiary alicyclic amines) is 1. The van der Waals surface area contributed by atoms with Gasteiger partial charge in [-0.25, -0.2) is 0 Å². The van der Waals surface area contributed by atoms with E-state index in [1.807, 2.05) is 6.92 Å². The normalized spacial score (nSPS) is 20.7. The van der Waals surface area contributed by atoms with Crippen molar-refractivity contribution in [1.82, 2.24) is 10.2 Å². The minimum atomic E-state index is -0.678. The SMILES string of the molecule is CCCCCCCCNC1(C)CC(=O)N(CCCCCCCC)C1=O. The molecule has 1 aliphatic rings. The van der Waals surface area contributed by atoms with Gasteiger partial charge in [-0.15, -0.1) is 0 Å². The first kappa shape index (κ1) is 22.1. The van der Waals surface area contributed by atoms with Crippen LogP contribution in [0.1, 0.15) is 104 Å². The lowest BCUT2D eigenvalue weighted by Gasteiger charge is -2.23. The third-order valence-corrected chi connectivity index (χ3v) is 5.30. The van der Waals surface area contributed by atoms with Gasteiger partial charge in [0.1, 0.15) is 5.54 Å². The fourth-order valence-electron chi connectivity index (χ4n) is 3.57. The van der Waals surface area contributed by atoms with Crippen molar-refractivity contribution >= 4 is 11.8 Å². The van der Waals surface area contributed by atoms with Crippen molar-refractivity contribution < 1.29 is 9.59 Å². The number of hydrogen-bond donors (Lipinski definition) is 1. The van der Waals surface area contributed by atoms with Gasteiger partial charge >= 0.3 is 0 Å². The summed E-state index contributed by atoms with van der Waals surface area (Å²) in [6.07, 6.45) is 14.8. The summed E-state index contributed by atoms with van der Waals surface area (Å²) in [7, 11) is 0. The first-order valence-electron chi connectivity index (χ1n) is 10.6. The lowest BCUT2D eigenvalue weighted by atomic mass is 10.00. The van der Waals surface area contributed by atoms with Gasteiger partial charge in [0.15, 0.2) is 0 Å². The molecule has 0 spiro atoms. The zero-order valence-electron chi connectivity index (χ0n) is 16.9. The summed E-state index contributed by atoms with van der Waals surface area (Å²) in [4.78, 5) is 26.4. The van der Waals surface area contributed by atoms with Gasteiger partial charge in [0.05, 0.1) is 6.42 Å². The van der Waals surface area contributed by atoms with E-state index < -0.39 is 5.54 Å². The molecule has 1 unspecified atom stereocenters. The Morgan fingerprint density at radius 2 is 1.36 bits per heavy atom. The smallest absolute Gasteiger partial charge is 0.249 e. The van der Waals surface area contributed by atoms with Gasteiger partial charge < -0.3 is 5.32 Å². The molecular formula is C21H40N2O2. The van der Waals surface area contributed by atoms with E-state index in [4.69, 9.17) is 0 Å². The van der Waals surface area contributed by atoms with Crippen molar-refractivity contribution in [2.24, 2.45) is 0 Å². The van der Waals surface area contributed by atoms with Crippen LogP contribution < -0.4 is 5.32 Å². The number of unbranched alkanes of at least 4 members (excludes halogenated alkanes) is 10. The monoisotopic (exact) mass is 352 g/mol. The standard InChI is InChI=1S/C21H40N2O2/c1-4-6-8-10-12-14-16-22-21(3)18-19(24)23(20(21)25)17-15-13-11-9-7-5-2/h22H,4-18H2,1-3H3. The van der Waals surface area contributed by atoms with Crippen molar-refractivity contribution in [2.45, 2.75) is 110 Å². The fraction of sp³-hybridized carbons (Fsp3) is 0.905. The number of rotatable bonds is 15. The molecule has 0 aromatic rings. The van der Waals surface area contributed by atoms with E-state index in [9.17, 15) is 9.59 Å². The Hall–Kier alpha value is -0.900. The quantitative estimate of drug-likeness (QED) is 0.340. The molecular weight excluding hydrogens is 312 g/mol. The van der Waals surface area contributed by atoms with E-state index in [0.717, 1.165) is 25.8 Å². The number of imide groups is 1. The minimum Gasteiger partial charge on any atom is -0.303 e. The Labute approximate surface area is 155 Å². The Balaban J connectivity index is 2.24. The summed E-state index contributed by atoms with van der Waals surface area (Å²) in [5.41, 5.74) is -0.678. The molecule has 1 atom stereocenters. The number of hydrogen-bond acceptors (Lipinski definition) is 3. The van der Waals surface area contributed by atoms with E-state index in [1.165, 1.54) is 62.7 Å². The molecule has 1 aliphatic heterocycles. The van der Waals surface area contributed by atoms with Crippen LogP contribution in [-0.2, 0) is 9.59 Å². The van der Waals surface area contributed by atoms with Crippen LogP contribution >= 0.6 is 0 Å². The Bertz CT molecular complexity index is 397. The van der Waals surface area contributed by atoms with Crippen LogP contribution in [0.3, 0.4) is 0 Å². The zero-order valence-corrected chi connectivity index (χ0v) is 16.9. The summed E-state index contributed by atoms with van der Waals surface area (Å²) in [6, 6.07) is 0. The Morgan fingerprint density at radius 3 is 1.96 bits per heavy atom. The van der Waals surface area contributed by atoms with E-state index in [-0.39, 0.29) is 11.8 Å². The highest BCUT2D eigenvalue weighted by Gasteiger charge is 2.47. The van der Waals surface area contributed by atoms with Gasteiger partial charge in [-0.2, -0.15) is 0 Å². The van der Waals surface area contributed by atoms with Crippen LogP contribution in [0.2, 0.25) is 0 Å². The molecule has 0 aromatic heterocycles. The van der Waals surface area contributed by atoms with Crippen molar-refractivity contribution in [3.8, 4) is 0 Å². The Kier molecular flexibility index (Phi) is 11.0. The van der Waals surface area contributed by atoms with Gasteiger partial charge in [-0.3, -0.25) is 14.5 Å². The average molecular weight is 353 g/mol. The first-order valence-corrected chi connectivity index (χ1v) is 10.6. The second kappa shape index (κ2) is 12.5. The summed E-state index contributed by atoms with van der Waals surface area (Å²) < 4.78 is 0. The predicted molar refractivity (Wildman–Crippen MR) is 104 cm³/mol. The molecule has 0 saturated carbocycles. The van der Waals surface area contributed by atoms with Crippen LogP contribution in [0.25, 0.3) is 0 Å². The molecule has 0 aromatic carbocycles. The molecule has 1 N–H and O–H groups in total. The van der Waals surface area contributed by atoms with Gasteiger partial charge in [-0.1, -0.05) is 78.1 Å². The second-order valence-electron chi connectivity index (χ2n) is 7.82. The molecule has 1 saturated heterocycles. The third kappa shape index (κ3) is 7.89. The van der Waals surface area contributed by atoms with Crippen LogP contribution in [0, 0.1) is 0 Å². The number of carbonyl (C=O) groups is 2. The summed E-state index contributed by atoms with van der Waals surface area (Å²) in [5, 5.41) is 3.37. The fourth-order valence-corrected chi connectivity index (χ4v) is 3.57. The van der Waals surface area contributed by atoms with E-state index in [2.05, 4.69) is 19.2 Å². The van der Waals surface area contributed by atoms with Gasteiger partial charge in [0, 0.05) is 6.54 Å². The van der Waals surface area contributed by atoms with Crippen LogP contribution in [0.15, 0.2) is 0 Å². The van der Waals surface area contributed by atoms with Crippen LogP contribution in [-0.4, -0.2) is 35.3 Å². The molecule has 146 valence electrons. The maximum atomic E-state index is 12.7. The topological polar surface area (TPSA) is 49.4 Å². The first-order chi connectivity index (χ1) is 12.0. The second-order valence-corrected chi connectivity index (χ2v) is 7.82. The Morgan fingerprint density at radius 1 is 0.840 bits per heavy atom. The molecule has 25 heavy (non-hydrogen) atoms. The van der Waals surface area contributed by atoms with Gasteiger partial charge in [0.2, 0.25) is 11.8 Å². The molecule has 0 aliphatic carbocycles. The molecule has 2 amide bonds. The van der Waals surface area contributed by atoms with Crippen molar-refractivity contribution in [1.29, 1.82) is 0 Å². The van der Waals surface area contributed by atoms with Crippen molar-refractivity contribution in [3.05, 3.63) is 0 Å². The predicted octanol–water partition coefficient (Wildman–Crippen LogP) is 4.81. The largest absolute Gasteiger partial charge is 0.303 e. The van der Waals surface area contributed by atoms with Gasteiger partial charge in [-0.05, 0) is 26.3 Å². The lowest BCUT2D eigenvalue weighted by molar-refractivity contribution is -0.140. The summed E-state index contributed by atoms with van der Waals surface area (Å²) in [5.74, 6) is -0.0199. The highest BCUT2D eigenvalue weighted by Crippen LogP contribution is 2.24. The lowest BCUT2D eigenvalue weighted by Crippen LogP contribution is -2.49. The van der Waals surface area contributed by atoms with Crippen LogP contribution in [0.4, 0.5) is 0 Å². The number of nitrogens with one attached hydrogen (secondary N) is 1. The maximum absolute atomic E-state index is 12.7. The maximum Gasteiger partial charge on any atom is 0.249 e. The number of nitrogens with zero attached hydrogens (tertiary/aromatic N) is 1. The van der Waals surface area contributed by atoms with Crippen LogP contribution in [0.5, 0.6) is 0 Å². The number of amides is 2. The molecule has 4 nitrogen and oxygen atoms in total. The molecule has 1 rings (SSSR count). The average Bonchev–Trinajstić information content (AvgIpc) is 2.80. The van der Waals surface area contributed by atoms with Crippen molar-refractivity contribution in [3.63, 3.8) is 0 Å².